The zero-order valence-electron chi connectivity index (χ0n) is 15.1. The highest BCUT2D eigenvalue weighted by molar-refractivity contribution is 7.92. The number of ether oxygens (including phenoxy) is 1. The van der Waals surface area contributed by atoms with E-state index in [1.165, 1.54) is 0 Å². The third-order valence-corrected chi connectivity index (χ3v) is 5.26. The van der Waals surface area contributed by atoms with Gasteiger partial charge < -0.3 is 9.94 Å². The number of hydrogen-bond donors (Lipinski definition) is 2. The van der Waals surface area contributed by atoms with E-state index in [9.17, 15) is 13.6 Å². The lowest BCUT2D eigenvalue weighted by Crippen LogP contribution is -2.22. The van der Waals surface area contributed by atoms with Gasteiger partial charge in [-0.2, -0.15) is 0 Å². The second-order valence-corrected chi connectivity index (χ2v) is 8.17. The highest BCUT2D eigenvalue weighted by Crippen LogP contribution is 2.25. The fourth-order valence-corrected chi connectivity index (χ4v) is 3.52. The Morgan fingerprint density at radius 3 is 2.59 bits per heavy atom. The van der Waals surface area contributed by atoms with E-state index in [0.29, 0.717) is 22.8 Å². The molecule has 0 spiro atoms. The molecule has 0 unspecified atom stereocenters. The largest absolute Gasteiger partial charge is 0.410 e. The topological polar surface area (TPSA) is 88.0 Å². The number of hydrogen-bond acceptors (Lipinski definition) is 5. The lowest BCUT2D eigenvalue weighted by Gasteiger charge is -2.14. The van der Waals surface area contributed by atoms with Crippen molar-refractivity contribution in [3.05, 3.63) is 64.7 Å². The Kier molecular flexibility index (Phi) is 8.09. The van der Waals surface area contributed by atoms with E-state index < -0.39 is 10.0 Å². The van der Waals surface area contributed by atoms with Crippen molar-refractivity contribution in [2.24, 2.45) is 5.16 Å². The fraction of sp³-hybridized carbons (Fsp3) is 0.316. The van der Waals surface area contributed by atoms with Gasteiger partial charge in [-0.3, -0.25) is 4.72 Å². The Morgan fingerprint density at radius 1 is 1.19 bits per heavy atom. The summed E-state index contributed by atoms with van der Waals surface area (Å²) in [5.74, 6) is -0.171. The monoisotopic (exact) mass is 410 g/mol. The second-order valence-electron chi connectivity index (χ2n) is 5.89. The maximum atomic E-state index is 12.4. The maximum Gasteiger partial charge on any atom is 0.235 e. The van der Waals surface area contributed by atoms with Gasteiger partial charge in [-0.1, -0.05) is 60.4 Å². The molecule has 0 saturated heterocycles. The summed E-state index contributed by atoms with van der Waals surface area (Å²) in [5.41, 5.74) is 1.51. The third-order valence-electron chi connectivity index (χ3n) is 3.79. The maximum absolute atomic E-state index is 12.4. The summed E-state index contributed by atoms with van der Waals surface area (Å²) >= 11 is 6.07. The molecule has 6 nitrogen and oxygen atoms in total. The molecular weight excluding hydrogens is 388 g/mol. The van der Waals surface area contributed by atoms with Crippen LogP contribution in [0.1, 0.15) is 30.9 Å². The molecule has 2 aromatic carbocycles. The molecule has 8 heteroatoms. The Hall–Kier alpha value is -2.09. The fourth-order valence-electron chi connectivity index (χ4n) is 2.40. The number of nitrogens with zero attached hydrogens (tertiary/aromatic N) is 1. The smallest absolute Gasteiger partial charge is 0.235 e. The highest BCUT2D eigenvalue weighted by atomic mass is 35.5. The third kappa shape index (κ3) is 6.53. The predicted octanol–water partition coefficient (Wildman–Crippen LogP) is 4.13. The average molecular weight is 411 g/mol. The summed E-state index contributed by atoms with van der Waals surface area (Å²) in [6.45, 7) is 2.68. The van der Waals surface area contributed by atoms with Crippen molar-refractivity contribution >= 4 is 33.0 Å². The Balaban J connectivity index is 2.23. The molecule has 0 radical (unpaired) electrons. The number of halogens is 1. The van der Waals surface area contributed by atoms with Crippen LogP contribution in [-0.2, 0) is 14.8 Å². The first-order chi connectivity index (χ1) is 13.0. The van der Waals surface area contributed by atoms with Crippen molar-refractivity contribution in [3.8, 4) is 0 Å². The normalized spacial score (nSPS) is 12.1. The first-order valence-corrected chi connectivity index (χ1v) is 10.7. The Morgan fingerprint density at radius 2 is 1.93 bits per heavy atom. The van der Waals surface area contributed by atoms with Crippen LogP contribution in [0.25, 0.3) is 0 Å². The van der Waals surface area contributed by atoms with Gasteiger partial charge in [0, 0.05) is 22.8 Å². The molecule has 0 aliphatic rings. The molecule has 0 aromatic heterocycles. The molecule has 0 fully saturated rings. The van der Waals surface area contributed by atoms with Crippen LogP contribution < -0.4 is 4.72 Å². The predicted molar refractivity (Wildman–Crippen MR) is 108 cm³/mol. The van der Waals surface area contributed by atoms with Crippen LogP contribution in [0, 0.1) is 0 Å². The van der Waals surface area contributed by atoms with E-state index in [2.05, 4.69) is 9.88 Å². The zero-order chi connectivity index (χ0) is 19.7. The van der Waals surface area contributed by atoms with E-state index in [1.54, 1.807) is 42.5 Å². The minimum absolute atomic E-state index is 0.109. The molecule has 0 heterocycles. The van der Waals surface area contributed by atoms with Gasteiger partial charge in [0.05, 0.1) is 18.0 Å². The molecule has 2 rings (SSSR count). The van der Waals surface area contributed by atoms with Crippen molar-refractivity contribution in [1.29, 1.82) is 0 Å². The molecule has 146 valence electrons. The van der Waals surface area contributed by atoms with Gasteiger partial charge in [0.1, 0.15) is 5.71 Å². The lowest BCUT2D eigenvalue weighted by molar-refractivity contribution is 0.146. The van der Waals surface area contributed by atoms with Crippen molar-refractivity contribution in [1.82, 2.24) is 0 Å². The van der Waals surface area contributed by atoms with Gasteiger partial charge in [0.25, 0.3) is 0 Å². The summed E-state index contributed by atoms with van der Waals surface area (Å²) in [6, 6.07) is 13.6. The van der Waals surface area contributed by atoms with Crippen LogP contribution in [0.4, 0.5) is 5.69 Å². The van der Waals surface area contributed by atoms with Crippen LogP contribution in [0.2, 0.25) is 5.02 Å². The molecule has 27 heavy (non-hydrogen) atoms. The minimum atomic E-state index is -3.64. The van der Waals surface area contributed by atoms with Gasteiger partial charge in [-0.25, -0.2) is 8.42 Å². The SMILES string of the molecule is CCCCOCCS(=O)(=O)Nc1ccc(Cl)cc1C(=NO)c1ccccc1. The first kappa shape index (κ1) is 21.2. The molecule has 0 saturated carbocycles. The van der Waals surface area contributed by atoms with Gasteiger partial charge in [-0.05, 0) is 24.6 Å². The van der Waals surface area contributed by atoms with Crippen LogP contribution in [0.15, 0.2) is 53.7 Å². The number of benzene rings is 2. The highest BCUT2D eigenvalue weighted by Gasteiger charge is 2.18. The van der Waals surface area contributed by atoms with E-state index in [4.69, 9.17) is 16.3 Å². The van der Waals surface area contributed by atoms with E-state index in [-0.39, 0.29) is 23.8 Å². The van der Waals surface area contributed by atoms with Gasteiger partial charge in [0.15, 0.2) is 0 Å². The zero-order valence-corrected chi connectivity index (χ0v) is 16.6. The van der Waals surface area contributed by atoms with E-state index >= 15 is 0 Å². The molecule has 2 N–H and O–H groups in total. The van der Waals surface area contributed by atoms with E-state index in [1.807, 2.05) is 13.0 Å². The summed E-state index contributed by atoms with van der Waals surface area (Å²) in [5, 5.41) is 13.3. The Bertz CT molecular complexity index is 871. The number of rotatable bonds is 10. The van der Waals surface area contributed by atoms with Gasteiger partial charge >= 0.3 is 0 Å². The van der Waals surface area contributed by atoms with Crippen LogP contribution >= 0.6 is 11.6 Å². The summed E-state index contributed by atoms with van der Waals surface area (Å²) in [7, 11) is -3.64. The van der Waals surface area contributed by atoms with Crippen LogP contribution in [0.3, 0.4) is 0 Å². The quantitative estimate of drug-likeness (QED) is 0.267. The van der Waals surface area contributed by atoms with Crippen molar-refractivity contribution in [2.75, 3.05) is 23.7 Å². The molecule has 0 amide bonds. The molecule has 0 atom stereocenters. The standard InChI is InChI=1S/C19H23ClN2O4S/c1-2-3-11-26-12-13-27(24,25)22-18-10-9-16(20)14-17(18)19(21-23)15-7-5-4-6-8-15/h4-10,14,22-23H,2-3,11-13H2,1H3. The lowest BCUT2D eigenvalue weighted by atomic mass is 10.0. The summed E-state index contributed by atoms with van der Waals surface area (Å²) < 4.78 is 32.6. The van der Waals surface area contributed by atoms with Crippen LogP contribution in [0.5, 0.6) is 0 Å². The molecule has 0 aliphatic carbocycles. The van der Waals surface area contributed by atoms with Gasteiger partial charge in [-0.15, -0.1) is 0 Å². The van der Waals surface area contributed by atoms with Gasteiger partial charge in [0.2, 0.25) is 10.0 Å². The molecule has 0 aliphatic heterocycles. The molecule has 0 bridgehead atoms. The van der Waals surface area contributed by atoms with Crippen molar-refractivity contribution < 1.29 is 18.4 Å². The van der Waals surface area contributed by atoms with Crippen LogP contribution in [-0.4, -0.2) is 38.3 Å². The Labute approximate surface area is 164 Å². The first-order valence-electron chi connectivity index (χ1n) is 8.62. The number of nitrogens with one attached hydrogen (secondary N) is 1. The average Bonchev–Trinajstić information content (AvgIpc) is 2.65. The van der Waals surface area contributed by atoms with E-state index in [0.717, 1.165) is 12.8 Å². The summed E-state index contributed by atoms with van der Waals surface area (Å²) in [6.07, 6.45) is 1.88. The molecular formula is C19H23ClN2O4S. The summed E-state index contributed by atoms with van der Waals surface area (Å²) in [4.78, 5) is 0. The number of anilines is 1. The second kappa shape index (κ2) is 10.3. The number of unbranched alkanes of at least 4 members (excludes halogenated alkanes) is 1. The number of oxime groups is 1. The number of sulfonamides is 1. The minimum Gasteiger partial charge on any atom is -0.410 e. The van der Waals surface area contributed by atoms with Crippen molar-refractivity contribution in [3.63, 3.8) is 0 Å². The van der Waals surface area contributed by atoms with Crippen molar-refractivity contribution in [2.45, 2.75) is 19.8 Å². The molecule has 2 aromatic rings.